The van der Waals surface area contributed by atoms with Gasteiger partial charge in [0.05, 0.1) is 6.61 Å². The Balaban J connectivity index is 3.08. The molecule has 1 unspecified atom stereocenters. The Morgan fingerprint density at radius 3 is 2.62 bits per heavy atom. The summed E-state index contributed by atoms with van der Waals surface area (Å²) in [6, 6.07) is 7.96. The van der Waals surface area contributed by atoms with Gasteiger partial charge in [-0.3, -0.25) is 0 Å². The van der Waals surface area contributed by atoms with Crippen molar-refractivity contribution in [3.8, 4) is 5.75 Å². The van der Waals surface area contributed by atoms with E-state index in [9.17, 15) is 0 Å². The largest absolute Gasteiger partial charge is 0.494 e. The highest BCUT2D eigenvalue weighted by molar-refractivity contribution is 5.38. The number of para-hydroxylation sites is 1. The van der Waals surface area contributed by atoms with Crippen LogP contribution >= 0.6 is 0 Å². The van der Waals surface area contributed by atoms with Gasteiger partial charge in [0.1, 0.15) is 5.75 Å². The van der Waals surface area contributed by atoms with Crippen molar-refractivity contribution in [1.29, 1.82) is 0 Å². The highest BCUT2D eigenvalue weighted by Gasteiger charge is 2.26. The normalized spacial score (nSPS) is 14.5. The lowest BCUT2D eigenvalue weighted by molar-refractivity contribution is 0.223. The van der Waals surface area contributed by atoms with Gasteiger partial charge >= 0.3 is 0 Å². The predicted octanol–water partition coefficient (Wildman–Crippen LogP) is 1.90. The van der Waals surface area contributed by atoms with Crippen LogP contribution in [0.1, 0.15) is 25.8 Å². The van der Waals surface area contributed by atoms with E-state index in [0.29, 0.717) is 13.0 Å². The first kappa shape index (κ1) is 13.0. The molecule has 1 atom stereocenters. The quantitative estimate of drug-likeness (QED) is 0.774. The first-order chi connectivity index (χ1) is 7.68. The molecule has 1 rings (SSSR count). The predicted molar refractivity (Wildman–Crippen MR) is 65.7 cm³/mol. The summed E-state index contributed by atoms with van der Waals surface area (Å²) in [5.74, 6) is 0.885. The van der Waals surface area contributed by atoms with Crippen LogP contribution < -0.4 is 10.1 Å². The van der Waals surface area contributed by atoms with E-state index in [-0.39, 0.29) is 12.1 Å². The van der Waals surface area contributed by atoms with Crippen molar-refractivity contribution in [3.05, 3.63) is 29.8 Å². The highest BCUT2D eigenvalue weighted by atomic mass is 16.5. The highest BCUT2D eigenvalue weighted by Crippen LogP contribution is 2.31. The van der Waals surface area contributed by atoms with Gasteiger partial charge in [0, 0.05) is 17.7 Å². The average Bonchev–Trinajstić information content (AvgIpc) is 2.30. The first-order valence-corrected chi connectivity index (χ1v) is 5.70. The van der Waals surface area contributed by atoms with Crippen LogP contribution in [-0.2, 0) is 5.54 Å². The molecule has 3 nitrogen and oxygen atoms in total. The van der Waals surface area contributed by atoms with E-state index in [2.05, 4.69) is 12.2 Å². The fraction of sp³-hybridized carbons (Fsp3) is 0.538. The number of hydrogen-bond donors (Lipinski definition) is 2. The third-order valence-electron chi connectivity index (χ3n) is 2.94. The number of aliphatic hydroxyl groups is 1. The number of rotatable bonds is 6. The van der Waals surface area contributed by atoms with E-state index in [1.807, 2.05) is 38.2 Å². The lowest BCUT2D eigenvalue weighted by Crippen LogP contribution is -2.38. The van der Waals surface area contributed by atoms with Crippen LogP contribution in [0.3, 0.4) is 0 Å². The second kappa shape index (κ2) is 5.87. The second-order valence-electron chi connectivity index (χ2n) is 3.98. The molecule has 1 aromatic rings. The molecule has 2 N–H and O–H groups in total. The Kier molecular flexibility index (Phi) is 4.77. The zero-order valence-electron chi connectivity index (χ0n) is 10.3. The molecule has 0 aliphatic carbocycles. The van der Waals surface area contributed by atoms with E-state index in [1.54, 1.807) is 0 Å². The molecule has 0 aromatic heterocycles. The van der Waals surface area contributed by atoms with Crippen LogP contribution in [0.5, 0.6) is 5.75 Å². The zero-order chi connectivity index (χ0) is 12.0. The third kappa shape index (κ3) is 2.74. The average molecular weight is 223 g/mol. The molecule has 0 spiro atoms. The maximum Gasteiger partial charge on any atom is 0.124 e. The van der Waals surface area contributed by atoms with Gasteiger partial charge in [-0.05, 0) is 33.4 Å². The Bertz CT molecular complexity index is 327. The van der Waals surface area contributed by atoms with E-state index in [4.69, 9.17) is 9.84 Å². The molecular formula is C13H21NO2. The number of benzene rings is 1. The summed E-state index contributed by atoms with van der Waals surface area (Å²) in [4.78, 5) is 0. The minimum absolute atomic E-state index is 0.151. The standard InChI is InChI=1S/C13H21NO2/c1-4-16-12-8-6-5-7-11(12)13(2,14-3)9-10-15/h5-8,14-15H,4,9-10H2,1-3H3. The second-order valence-corrected chi connectivity index (χ2v) is 3.98. The fourth-order valence-corrected chi connectivity index (χ4v) is 1.82. The van der Waals surface area contributed by atoms with Gasteiger partial charge in [0.2, 0.25) is 0 Å². The smallest absolute Gasteiger partial charge is 0.124 e. The SMILES string of the molecule is CCOc1ccccc1C(C)(CCO)NC. The summed E-state index contributed by atoms with van der Waals surface area (Å²) >= 11 is 0. The maximum absolute atomic E-state index is 9.13. The van der Waals surface area contributed by atoms with Crippen LogP contribution in [0.4, 0.5) is 0 Å². The summed E-state index contributed by atoms with van der Waals surface area (Å²) in [6.07, 6.45) is 0.660. The molecule has 0 fully saturated rings. The molecule has 16 heavy (non-hydrogen) atoms. The van der Waals surface area contributed by atoms with Crippen molar-refractivity contribution < 1.29 is 9.84 Å². The summed E-state index contributed by atoms with van der Waals surface area (Å²) in [5.41, 5.74) is 0.842. The van der Waals surface area contributed by atoms with Crippen molar-refractivity contribution in [2.24, 2.45) is 0 Å². The first-order valence-electron chi connectivity index (χ1n) is 5.70. The van der Waals surface area contributed by atoms with Crippen LogP contribution in [0.25, 0.3) is 0 Å². The van der Waals surface area contributed by atoms with Gasteiger partial charge in [-0.1, -0.05) is 18.2 Å². The van der Waals surface area contributed by atoms with E-state index in [1.165, 1.54) is 0 Å². The summed E-state index contributed by atoms with van der Waals surface area (Å²) in [7, 11) is 1.90. The minimum atomic E-state index is -0.249. The molecule has 0 bridgehead atoms. The Morgan fingerprint density at radius 1 is 1.38 bits per heavy atom. The number of ether oxygens (including phenoxy) is 1. The molecule has 0 saturated carbocycles. The van der Waals surface area contributed by atoms with Crippen LogP contribution in [0.15, 0.2) is 24.3 Å². The molecule has 0 radical (unpaired) electrons. The summed E-state index contributed by atoms with van der Waals surface area (Å²) < 4.78 is 5.61. The van der Waals surface area contributed by atoms with Crippen molar-refractivity contribution in [3.63, 3.8) is 0 Å². The van der Waals surface area contributed by atoms with Gasteiger partial charge in [-0.15, -0.1) is 0 Å². The van der Waals surface area contributed by atoms with Crippen molar-refractivity contribution in [1.82, 2.24) is 5.32 Å². The molecule has 90 valence electrons. The topological polar surface area (TPSA) is 41.5 Å². The van der Waals surface area contributed by atoms with E-state index in [0.717, 1.165) is 11.3 Å². The number of hydrogen-bond acceptors (Lipinski definition) is 3. The lowest BCUT2D eigenvalue weighted by atomic mass is 9.88. The van der Waals surface area contributed by atoms with Gasteiger partial charge in [0.15, 0.2) is 0 Å². The minimum Gasteiger partial charge on any atom is -0.494 e. The van der Waals surface area contributed by atoms with Gasteiger partial charge in [0.25, 0.3) is 0 Å². The Morgan fingerprint density at radius 2 is 2.06 bits per heavy atom. The van der Waals surface area contributed by atoms with Crippen LogP contribution in [0, 0.1) is 0 Å². The van der Waals surface area contributed by atoms with Crippen LogP contribution in [-0.4, -0.2) is 25.4 Å². The monoisotopic (exact) mass is 223 g/mol. The van der Waals surface area contributed by atoms with E-state index < -0.39 is 0 Å². The maximum atomic E-state index is 9.13. The van der Waals surface area contributed by atoms with Crippen molar-refractivity contribution in [2.75, 3.05) is 20.3 Å². The third-order valence-corrected chi connectivity index (χ3v) is 2.94. The van der Waals surface area contributed by atoms with E-state index >= 15 is 0 Å². The van der Waals surface area contributed by atoms with Gasteiger partial charge < -0.3 is 15.2 Å². The molecule has 0 amide bonds. The molecule has 0 heterocycles. The van der Waals surface area contributed by atoms with Crippen molar-refractivity contribution in [2.45, 2.75) is 25.8 Å². The molecule has 0 aliphatic rings. The number of aliphatic hydroxyl groups excluding tert-OH is 1. The molecule has 1 aromatic carbocycles. The Hall–Kier alpha value is -1.06. The van der Waals surface area contributed by atoms with Gasteiger partial charge in [-0.25, -0.2) is 0 Å². The molecule has 0 aliphatic heterocycles. The van der Waals surface area contributed by atoms with Crippen molar-refractivity contribution >= 4 is 0 Å². The van der Waals surface area contributed by atoms with Crippen LogP contribution in [0.2, 0.25) is 0 Å². The fourth-order valence-electron chi connectivity index (χ4n) is 1.82. The summed E-state index contributed by atoms with van der Waals surface area (Å²) in [5, 5.41) is 12.4. The van der Waals surface area contributed by atoms with Gasteiger partial charge in [-0.2, -0.15) is 0 Å². The molecule has 0 saturated heterocycles. The lowest BCUT2D eigenvalue weighted by Gasteiger charge is -2.30. The number of nitrogens with one attached hydrogen (secondary N) is 1. The Labute approximate surface area is 97.4 Å². The summed E-state index contributed by atoms with van der Waals surface area (Å²) in [6.45, 7) is 4.84. The zero-order valence-corrected chi connectivity index (χ0v) is 10.3. The molecular weight excluding hydrogens is 202 g/mol. The molecule has 3 heteroatoms.